The second-order valence-corrected chi connectivity index (χ2v) is 4.61. The van der Waals surface area contributed by atoms with Gasteiger partial charge in [0.15, 0.2) is 0 Å². The molecule has 2 N–H and O–H groups in total. The Bertz CT molecular complexity index is 585. The summed E-state index contributed by atoms with van der Waals surface area (Å²) in [7, 11) is 1.33. The predicted molar refractivity (Wildman–Crippen MR) is 81.2 cm³/mol. The Morgan fingerprint density at radius 1 is 1.15 bits per heavy atom. The smallest absolute Gasteiger partial charge is 0.411 e. The highest BCUT2D eigenvalue weighted by Gasteiger charge is 2.01. The van der Waals surface area contributed by atoms with E-state index in [2.05, 4.69) is 15.4 Å². The highest BCUT2D eigenvalue weighted by atomic mass is 35.5. The molecule has 20 heavy (non-hydrogen) atoms. The van der Waals surface area contributed by atoms with Gasteiger partial charge in [-0.25, -0.2) is 4.79 Å². The zero-order chi connectivity index (χ0) is 14.4. The van der Waals surface area contributed by atoms with Gasteiger partial charge >= 0.3 is 6.09 Å². The molecule has 2 rings (SSSR count). The first-order chi connectivity index (χ1) is 9.67. The number of carbonyl (C=O) groups excluding carboxylic acids is 1. The third-order valence-corrected chi connectivity index (χ3v) is 2.96. The summed E-state index contributed by atoms with van der Waals surface area (Å²) in [6.07, 6.45) is -0.486. The topological polar surface area (TPSA) is 50.4 Å². The van der Waals surface area contributed by atoms with E-state index in [0.717, 1.165) is 16.3 Å². The zero-order valence-electron chi connectivity index (χ0n) is 11.0. The van der Waals surface area contributed by atoms with E-state index >= 15 is 0 Å². The molecule has 4 nitrogen and oxygen atoms in total. The monoisotopic (exact) mass is 290 g/mol. The molecule has 0 aliphatic rings. The average Bonchev–Trinajstić information content (AvgIpc) is 2.47. The predicted octanol–water partition coefficient (Wildman–Crippen LogP) is 4.13. The molecule has 0 fully saturated rings. The number of nitrogens with one attached hydrogen (secondary N) is 2. The molecule has 0 aliphatic heterocycles. The van der Waals surface area contributed by atoms with Gasteiger partial charge in [0.2, 0.25) is 0 Å². The molecular formula is C15H15ClN2O2. The Balaban J connectivity index is 1.97. The highest BCUT2D eigenvalue weighted by Crippen LogP contribution is 2.17. The molecule has 0 unspecified atom stereocenters. The maximum atomic E-state index is 11.1. The molecule has 0 saturated heterocycles. The molecule has 1 amide bonds. The van der Waals surface area contributed by atoms with Crippen molar-refractivity contribution in [2.75, 3.05) is 17.7 Å². The van der Waals surface area contributed by atoms with Gasteiger partial charge in [0.25, 0.3) is 0 Å². The summed E-state index contributed by atoms with van der Waals surface area (Å²) in [6, 6.07) is 15.1. The lowest BCUT2D eigenvalue weighted by molar-refractivity contribution is 0.187. The molecule has 0 bridgehead atoms. The van der Waals surface area contributed by atoms with Crippen molar-refractivity contribution in [3.8, 4) is 0 Å². The maximum Gasteiger partial charge on any atom is 0.411 e. The normalized spacial score (nSPS) is 9.90. The van der Waals surface area contributed by atoms with Gasteiger partial charge in [-0.05, 0) is 35.9 Å². The molecule has 0 spiro atoms. The van der Waals surface area contributed by atoms with Crippen LogP contribution in [0, 0.1) is 0 Å². The number of halogens is 1. The van der Waals surface area contributed by atoms with Crippen LogP contribution < -0.4 is 10.6 Å². The van der Waals surface area contributed by atoms with Crippen LogP contribution in [0.3, 0.4) is 0 Å². The largest absolute Gasteiger partial charge is 0.453 e. The van der Waals surface area contributed by atoms with Gasteiger partial charge in [0.1, 0.15) is 0 Å². The molecule has 0 heterocycles. The Morgan fingerprint density at radius 2 is 1.85 bits per heavy atom. The minimum Gasteiger partial charge on any atom is -0.453 e. The molecule has 5 heteroatoms. The summed E-state index contributed by atoms with van der Waals surface area (Å²) in [4.78, 5) is 11.1. The fourth-order valence-electron chi connectivity index (χ4n) is 1.68. The summed E-state index contributed by atoms with van der Waals surface area (Å²) >= 11 is 5.84. The molecule has 2 aromatic carbocycles. The van der Waals surface area contributed by atoms with Crippen LogP contribution in [-0.4, -0.2) is 13.2 Å². The Morgan fingerprint density at radius 3 is 2.55 bits per heavy atom. The number of anilines is 2. The minimum atomic E-state index is -0.486. The van der Waals surface area contributed by atoms with E-state index in [1.165, 1.54) is 7.11 Å². The fourth-order valence-corrected chi connectivity index (χ4v) is 1.81. The van der Waals surface area contributed by atoms with Crippen molar-refractivity contribution >= 4 is 29.1 Å². The number of hydrogen-bond acceptors (Lipinski definition) is 3. The fraction of sp³-hybridized carbons (Fsp3) is 0.133. The molecule has 0 radical (unpaired) electrons. The zero-order valence-corrected chi connectivity index (χ0v) is 11.8. The standard InChI is InChI=1S/C15H15ClN2O2/c1-20-15(19)18-14-4-2-3-13(9-14)17-10-11-5-7-12(16)8-6-11/h2-9,17H,10H2,1H3,(H,18,19). The van der Waals surface area contributed by atoms with Crippen LogP contribution in [0.4, 0.5) is 16.2 Å². The van der Waals surface area contributed by atoms with E-state index in [9.17, 15) is 4.79 Å². The van der Waals surface area contributed by atoms with Crippen molar-refractivity contribution in [2.24, 2.45) is 0 Å². The van der Waals surface area contributed by atoms with E-state index in [4.69, 9.17) is 11.6 Å². The van der Waals surface area contributed by atoms with Gasteiger partial charge in [-0.3, -0.25) is 5.32 Å². The summed E-state index contributed by atoms with van der Waals surface area (Å²) in [5.74, 6) is 0. The number of rotatable bonds is 4. The van der Waals surface area contributed by atoms with Crippen LogP contribution in [0.2, 0.25) is 5.02 Å². The second kappa shape index (κ2) is 6.82. The molecule has 0 saturated carbocycles. The molecule has 0 atom stereocenters. The van der Waals surface area contributed by atoms with E-state index in [0.29, 0.717) is 12.2 Å². The summed E-state index contributed by atoms with van der Waals surface area (Å²) in [5.41, 5.74) is 2.72. The van der Waals surface area contributed by atoms with Gasteiger partial charge in [-0.2, -0.15) is 0 Å². The number of ether oxygens (including phenoxy) is 1. The van der Waals surface area contributed by atoms with Crippen LogP contribution in [0.25, 0.3) is 0 Å². The van der Waals surface area contributed by atoms with Crippen molar-refractivity contribution in [1.82, 2.24) is 0 Å². The van der Waals surface area contributed by atoms with E-state index in [1.807, 2.05) is 42.5 Å². The van der Waals surface area contributed by atoms with Gasteiger partial charge in [0.05, 0.1) is 7.11 Å². The third-order valence-electron chi connectivity index (χ3n) is 2.70. The Kier molecular flexibility index (Phi) is 4.85. The second-order valence-electron chi connectivity index (χ2n) is 4.18. The number of carbonyl (C=O) groups is 1. The lowest BCUT2D eigenvalue weighted by Gasteiger charge is -2.09. The van der Waals surface area contributed by atoms with E-state index in [1.54, 1.807) is 6.07 Å². The molecule has 2 aromatic rings. The third kappa shape index (κ3) is 4.17. The van der Waals surface area contributed by atoms with Crippen LogP contribution in [-0.2, 0) is 11.3 Å². The first-order valence-corrected chi connectivity index (χ1v) is 6.48. The van der Waals surface area contributed by atoms with Crippen molar-refractivity contribution in [3.05, 3.63) is 59.1 Å². The SMILES string of the molecule is COC(=O)Nc1cccc(NCc2ccc(Cl)cc2)c1. The lowest BCUT2D eigenvalue weighted by atomic mass is 10.2. The maximum absolute atomic E-state index is 11.1. The van der Waals surface area contributed by atoms with Gasteiger partial charge in [-0.1, -0.05) is 29.8 Å². The van der Waals surface area contributed by atoms with Gasteiger partial charge < -0.3 is 10.1 Å². The lowest BCUT2D eigenvalue weighted by Crippen LogP contribution is -2.11. The van der Waals surface area contributed by atoms with Crippen LogP contribution in [0.1, 0.15) is 5.56 Å². The van der Waals surface area contributed by atoms with E-state index in [-0.39, 0.29) is 0 Å². The van der Waals surface area contributed by atoms with E-state index < -0.39 is 6.09 Å². The highest BCUT2D eigenvalue weighted by molar-refractivity contribution is 6.30. The van der Waals surface area contributed by atoms with Crippen molar-refractivity contribution in [2.45, 2.75) is 6.54 Å². The quantitative estimate of drug-likeness (QED) is 0.890. The van der Waals surface area contributed by atoms with Crippen LogP contribution in [0.5, 0.6) is 0 Å². The molecular weight excluding hydrogens is 276 g/mol. The summed E-state index contributed by atoms with van der Waals surface area (Å²) < 4.78 is 4.55. The van der Waals surface area contributed by atoms with Crippen molar-refractivity contribution < 1.29 is 9.53 Å². The molecule has 104 valence electrons. The number of benzene rings is 2. The number of hydrogen-bond donors (Lipinski definition) is 2. The van der Waals surface area contributed by atoms with Gasteiger partial charge in [-0.15, -0.1) is 0 Å². The van der Waals surface area contributed by atoms with Crippen LogP contribution in [0.15, 0.2) is 48.5 Å². The Hall–Kier alpha value is -2.20. The average molecular weight is 291 g/mol. The molecule has 0 aliphatic carbocycles. The first-order valence-electron chi connectivity index (χ1n) is 6.11. The molecule has 0 aromatic heterocycles. The minimum absolute atomic E-state index is 0.486. The first kappa shape index (κ1) is 14.2. The van der Waals surface area contributed by atoms with Crippen LogP contribution >= 0.6 is 11.6 Å². The number of amides is 1. The summed E-state index contributed by atoms with van der Waals surface area (Å²) in [5, 5.41) is 6.62. The summed E-state index contributed by atoms with van der Waals surface area (Å²) in [6.45, 7) is 0.679. The van der Waals surface area contributed by atoms with Crippen molar-refractivity contribution in [1.29, 1.82) is 0 Å². The number of methoxy groups -OCH3 is 1. The van der Waals surface area contributed by atoms with Crippen molar-refractivity contribution in [3.63, 3.8) is 0 Å². The Labute approximate surface area is 122 Å². The van der Waals surface area contributed by atoms with Gasteiger partial charge in [0, 0.05) is 22.9 Å².